The van der Waals surface area contributed by atoms with Gasteiger partial charge in [-0.2, -0.15) is 0 Å². The van der Waals surface area contributed by atoms with Crippen LogP contribution in [0.3, 0.4) is 0 Å². The maximum atomic E-state index is 13.0. The summed E-state index contributed by atoms with van der Waals surface area (Å²) in [6.07, 6.45) is 0. The highest BCUT2D eigenvalue weighted by molar-refractivity contribution is 7.92. The van der Waals surface area contributed by atoms with Gasteiger partial charge in [0.25, 0.3) is 10.0 Å². The number of benzene rings is 2. The van der Waals surface area contributed by atoms with Crippen LogP contribution in [0.4, 0.5) is 10.1 Å². The van der Waals surface area contributed by atoms with Crippen molar-refractivity contribution < 1.29 is 12.8 Å². The molecule has 2 rings (SSSR count). The predicted molar refractivity (Wildman–Crippen MR) is 78.1 cm³/mol. The van der Waals surface area contributed by atoms with E-state index < -0.39 is 15.8 Å². The van der Waals surface area contributed by atoms with E-state index in [-0.39, 0.29) is 15.6 Å². The van der Waals surface area contributed by atoms with Gasteiger partial charge in [-0.1, -0.05) is 29.3 Å². The minimum absolute atomic E-state index is 0.0124. The van der Waals surface area contributed by atoms with E-state index in [2.05, 4.69) is 4.72 Å². The minimum atomic E-state index is -3.75. The summed E-state index contributed by atoms with van der Waals surface area (Å²) in [5.41, 5.74) is 1.75. The van der Waals surface area contributed by atoms with Crippen molar-refractivity contribution in [1.29, 1.82) is 0 Å². The molecule has 106 valence electrons. The molecule has 0 fully saturated rings. The quantitative estimate of drug-likeness (QED) is 0.934. The molecular weight excluding hydrogens is 301 g/mol. The van der Waals surface area contributed by atoms with Crippen LogP contribution in [0.1, 0.15) is 11.1 Å². The molecule has 0 unspecified atom stereocenters. The van der Waals surface area contributed by atoms with Gasteiger partial charge in [0.05, 0.1) is 15.6 Å². The molecule has 0 heterocycles. The van der Waals surface area contributed by atoms with Crippen LogP contribution in [-0.2, 0) is 10.0 Å². The topological polar surface area (TPSA) is 46.2 Å². The first-order valence-corrected chi connectivity index (χ1v) is 7.71. The first kappa shape index (κ1) is 14.8. The molecule has 0 saturated carbocycles. The van der Waals surface area contributed by atoms with Crippen LogP contribution < -0.4 is 4.72 Å². The van der Waals surface area contributed by atoms with Crippen LogP contribution >= 0.6 is 11.6 Å². The summed E-state index contributed by atoms with van der Waals surface area (Å²) in [6, 6.07) is 8.52. The maximum Gasteiger partial charge on any atom is 0.262 e. The molecular formula is C14H13ClFNO2S. The van der Waals surface area contributed by atoms with Gasteiger partial charge in [0.2, 0.25) is 0 Å². The number of aryl methyl sites for hydroxylation is 2. The molecule has 0 aliphatic heterocycles. The van der Waals surface area contributed by atoms with Crippen LogP contribution in [0.2, 0.25) is 5.02 Å². The fourth-order valence-corrected chi connectivity index (χ4v) is 3.45. The minimum Gasteiger partial charge on any atom is -0.278 e. The number of anilines is 1. The van der Waals surface area contributed by atoms with Crippen LogP contribution in [0.15, 0.2) is 41.3 Å². The van der Waals surface area contributed by atoms with E-state index in [1.165, 1.54) is 12.1 Å². The molecule has 0 radical (unpaired) electrons. The Morgan fingerprint density at radius 2 is 1.80 bits per heavy atom. The molecule has 0 aliphatic rings. The Hall–Kier alpha value is -1.59. The lowest BCUT2D eigenvalue weighted by molar-refractivity contribution is 0.600. The van der Waals surface area contributed by atoms with E-state index in [1.54, 1.807) is 19.1 Å². The van der Waals surface area contributed by atoms with Gasteiger partial charge in [0.15, 0.2) is 0 Å². The van der Waals surface area contributed by atoms with Gasteiger partial charge < -0.3 is 0 Å². The lowest BCUT2D eigenvalue weighted by Gasteiger charge is -2.12. The van der Waals surface area contributed by atoms with Gasteiger partial charge in [-0.3, -0.25) is 4.72 Å². The summed E-state index contributed by atoms with van der Waals surface area (Å²) < 4.78 is 39.9. The first-order chi connectivity index (χ1) is 9.29. The third kappa shape index (κ3) is 3.11. The molecule has 0 bridgehead atoms. The van der Waals surface area contributed by atoms with E-state index >= 15 is 0 Å². The molecule has 0 saturated heterocycles. The molecule has 0 aromatic heterocycles. The number of sulfonamides is 1. The SMILES string of the molecule is Cc1ccc(S(=O)(=O)Nc2ccc(F)cc2Cl)c(C)c1. The van der Waals surface area contributed by atoms with Gasteiger partial charge in [0, 0.05) is 0 Å². The predicted octanol–water partition coefficient (Wildman–Crippen LogP) is 3.90. The molecule has 2 aromatic rings. The summed E-state index contributed by atoms with van der Waals surface area (Å²) >= 11 is 5.82. The summed E-state index contributed by atoms with van der Waals surface area (Å²) in [5, 5.41) is 0.0124. The maximum absolute atomic E-state index is 13.0. The average Bonchev–Trinajstić information content (AvgIpc) is 2.32. The normalized spacial score (nSPS) is 11.4. The monoisotopic (exact) mass is 313 g/mol. The van der Waals surface area contributed by atoms with Crippen molar-refractivity contribution >= 4 is 27.3 Å². The Bertz CT molecular complexity index is 760. The van der Waals surface area contributed by atoms with Gasteiger partial charge in [-0.25, -0.2) is 12.8 Å². The summed E-state index contributed by atoms with van der Waals surface area (Å²) in [7, 11) is -3.75. The van der Waals surface area contributed by atoms with Crippen LogP contribution in [-0.4, -0.2) is 8.42 Å². The van der Waals surface area contributed by atoms with Gasteiger partial charge in [-0.15, -0.1) is 0 Å². The molecule has 0 amide bonds. The van der Waals surface area contributed by atoms with Crippen LogP contribution in [0.5, 0.6) is 0 Å². The third-order valence-electron chi connectivity index (χ3n) is 2.80. The van der Waals surface area contributed by atoms with Crippen molar-refractivity contribution in [3.05, 3.63) is 58.4 Å². The van der Waals surface area contributed by atoms with E-state index in [0.29, 0.717) is 5.56 Å². The molecule has 0 aliphatic carbocycles. The molecule has 1 N–H and O–H groups in total. The van der Waals surface area contributed by atoms with Crippen LogP contribution in [0.25, 0.3) is 0 Å². The van der Waals surface area contributed by atoms with E-state index in [4.69, 9.17) is 11.6 Å². The first-order valence-electron chi connectivity index (χ1n) is 5.85. The molecule has 20 heavy (non-hydrogen) atoms. The van der Waals surface area contributed by atoms with Crippen molar-refractivity contribution in [3.8, 4) is 0 Å². The highest BCUT2D eigenvalue weighted by atomic mass is 35.5. The van der Waals surface area contributed by atoms with E-state index in [1.807, 2.05) is 6.92 Å². The molecule has 0 atom stereocenters. The number of rotatable bonds is 3. The van der Waals surface area contributed by atoms with Crippen LogP contribution in [0, 0.1) is 19.7 Å². The second-order valence-electron chi connectivity index (χ2n) is 4.50. The summed E-state index contributed by atoms with van der Waals surface area (Å²) in [6.45, 7) is 3.60. The smallest absolute Gasteiger partial charge is 0.262 e. The number of hydrogen-bond acceptors (Lipinski definition) is 2. The van der Waals surface area contributed by atoms with Gasteiger partial charge in [0.1, 0.15) is 5.82 Å². The Balaban J connectivity index is 2.41. The second kappa shape index (κ2) is 5.42. The van der Waals surface area contributed by atoms with Crippen molar-refractivity contribution in [1.82, 2.24) is 0 Å². The standard InChI is InChI=1S/C14H13ClFNO2S/c1-9-3-6-14(10(2)7-9)20(18,19)17-13-5-4-11(16)8-12(13)15/h3-8,17H,1-2H3. The summed E-state index contributed by atoms with van der Waals surface area (Å²) in [4.78, 5) is 0.170. The van der Waals surface area contributed by atoms with E-state index in [9.17, 15) is 12.8 Å². The fraction of sp³-hybridized carbons (Fsp3) is 0.143. The zero-order chi connectivity index (χ0) is 14.9. The molecule has 3 nitrogen and oxygen atoms in total. The largest absolute Gasteiger partial charge is 0.278 e. The number of nitrogens with one attached hydrogen (secondary N) is 1. The van der Waals surface area contributed by atoms with Gasteiger partial charge >= 0.3 is 0 Å². The molecule has 2 aromatic carbocycles. The number of halogens is 2. The van der Waals surface area contributed by atoms with Crippen molar-refractivity contribution in [3.63, 3.8) is 0 Å². The highest BCUT2D eigenvalue weighted by Crippen LogP contribution is 2.26. The van der Waals surface area contributed by atoms with Gasteiger partial charge in [-0.05, 0) is 43.7 Å². The zero-order valence-electron chi connectivity index (χ0n) is 10.9. The van der Waals surface area contributed by atoms with E-state index in [0.717, 1.165) is 17.7 Å². The third-order valence-corrected chi connectivity index (χ3v) is 4.63. The highest BCUT2D eigenvalue weighted by Gasteiger charge is 2.18. The Morgan fingerprint density at radius 1 is 1.10 bits per heavy atom. The lowest BCUT2D eigenvalue weighted by atomic mass is 10.2. The lowest BCUT2D eigenvalue weighted by Crippen LogP contribution is -2.14. The molecule has 6 heteroatoms. The fourth-order valence-electron chi connectivity index (χ4n) is 1.87. The zero-order valence-corrected chi connectivity index (χ0v) is 12.5. The van der Waals surface area contributed by atoms with Crippen molar-refractivity contribution in [2.45, 2.75) is 18.7 Å². The summed E-state index contributed by atoms with van der Waals surface area (Å²) in [5.74, 6) is -0.524. The second-order valence-corrected chi connectivity index (χ2v) is 6.56. The average molecular weight is 314 g/mol. The molecule has 0 spiro atoms. The Labute approximate surface area is 122 Å². The van der Waals surface area contributed by atoms with Crippen molar-refractivity contribution in [2.75, 3.05) is 4.72 Å². The Kier molecular flexibility index (Phi) is 4.01. The van der Waals surface area contributed by atoms with Crippen molar-refractivity contribution in [2.24, 2.45) is 0 Å². The Morgan fingerprint density at radius 3 is 2.40 bits per heavy atom. The number of hydrogen-bond donors (Lipinski definition) is 1.